The Labute approximate surface area is 118 Å². The second-order valence-electron chi connectivity index (χ2n) is 6.62. The minimum absolute atomic E-state index is 0.139. The molecule has 4 rings (SSSR count). The van der Waals surface area contributed by atoms with Crippen molar-refractivity contribution in [3.63, 3.8) is 0 Å². The van der Waals surface area contributed by atoms with E-state index in [-0.39, 0.29) is 11.8 Å². The molecule has 3 fully saturated rings. The van der Waals surface area contributed by atoms with E-state index in [1.807, 2.05) is 4.90 Å². The Balaban J connectivity index is 1.41. The van der Waals surface area contributed by atoms with Gasteiger partial charge in [0, 0.05) is 31.3 Å². The minimum atomic E-state index is 0.139. The zero-order chi connectivity index (χ0) is 13.5. The number of amides is 1. The van der Waals surface area contributed by atoms with Gasteiger partial charge in [-0.25, -0.2) is 0 Å². The number of carbonyl (C=O) groups excluding carboxylic acids is 1. The first-order chi connectivity index (χ1) is 9.79. The molecule has 2 aliphatic carbocycles. The third kappa shape index (κ3) is 2.13. The van der Waals surface area contributed by atoms with Crippen LogP contribution in [-0.2, 0) is 4.79 Å². The molecule has 1 aromatic heterocycles. The lowest BCUT2D eigenvalue weighted by atomic mass is 9.85. The van der Waals surface area contributed by atoms with Crippen LogP contribution in [0.15, 0.2) is 4.52 Å². The summed E-state index contributed by atoms with van der Waals surface area (Å²) < 4.78 is 5.37. The maximum absolute atomic E-state index is 12.1. The van der Waals surface area contributed by atoms with Gasteiger partial charge in [0.2, 0.25) is 11.8 Å². The molecule has 1 amide bonds. The van der Waals surface area contributed by atoms with Crippen LogP contribution in [0.2, 0.25) is 0 Å². The first kappa shape index (κ1) is 12.4. The van der Waals surface area contributed by atoms with E-state index in [9.17, 15) is 4.79 Å². The molecule has 0 spiro atoms. The van der Waals surface area contributed by atoms with Crippen molar-refractivity contribution >= 4 is 5.91 Å². The fourth-order valence-electron chi connectivity index (χ4n) is 3.34. The Bertz CT molecular complexity index is 505. The molecule has 1 atom stereocenters. The Hall–Kier alpha value is -1.39. The summed E-state index contributed by atoms with van der Waals surface area (Å²) in [5.41, 5.74) is 0. The summed E-state index contributed by atoms with van der Waals surface area (Å²) >= 11 is 0. The zero-order valence-electron chi connectivity index (χ0n) is 11.8. The van der Waals surface area contributed by atoms with E-state index in [4.69, 9.17) is 4.52 Å². The quantitative estimate of drug-likeness (QED) is 0.847. The van der Waals surface area contributed by atoms with Crippen molar-refractivity contribution < 1.29 is 9.32 Å². The van der Waals surface area contributed by atoms with Crippen molar-refractivity contribution in [1.82, 2.24) is 15.0 Å². The van der Waals surface area contributed by atoms with Crippen molar-refractivity contribution in [3.8, 4) is 0 Å². The van der Waals surface area contributed by atoms with Gasteiger partial charge in [0.25, 0.3) is 0 Å². The molecule has 5 nitrogen and oxygen atoms in total. The molecule has 0 N–H and O–H groups in total. The topological polar surface area (TPSA) is 59.2 Å². The summed E-state index contributed by atoms with van der Waals surface area (Å²) in [7, 11) is 0. The van der Waals surface area contributed by atoms with Gasteiger partial charge in [0.1, 0.15) is 0 Å². The van der Waals surface area contributed by atoms with Gasteiger partial charge in [-0.1, -0.05) is 18.0 Å². The van der Waals surface area contributed by atoms with E-state index in [2.05, 4.69) is 10.1 Å². The lowest BCUT2D eigenvalue weighted by molar-refractivity contribution is -0.128. The van der Waals surface area contributed by atoms with Gasteiger partial charge in [-0.3, -0.25) is 4.79 Å². The summed E-state index contributed by atoms with van der Waals surface area (Å²) in [4.78, 5) is 18.6. The van der Waals surface area contributed by atoms with Crippen molar-refractivity contribution in [2.75, 3.05) is 13.1 Å². The first-order valence-corrected chi connectivity index (χ1v) is 7.91. The maximum atomic E-state index is 12.1. The molecule has 0 unspecified atom stereocenters. The number of likely N-dealkylation sites (tertiary alicyclic amines) is 1. The van der Waals surface area contributed by atoms with E-state index >= 15 is 0 Å². The van der Waals surface area contributed by atoms with Crippen LogP contribution in [-0.4, -0.2) is 34.0 Å². The molecule has 2 saturated carbocycles. The molecule has 0 aromatic carbocycles. The number of nitrogens with zero attached hydrogens (tertiary/aromatic N) is 3. The minimum Gasteiger partial charge on any atom is -0.342 e. The molecule has 1 saturated heterocycles. The smallest absolute Gasteiger partial charge is 0.229 e. The Morgan fingerprint density at radius 2 is 1.95 bits per heavy atom. The van der Waals surface area contributed by atoms with Crippen LogP contribution in [0.3, 0.4) is 0 Å². The lowest BCUT2D eigenvalue weighted by Crippen LogP contribution is -2.33. The molecule has 0 bridgehead atoms. The van der Waals surface area contributed by atoms with Gasteiger partial charge < -0.3 is 9.42 Å². The second-order valence-corrected chi connectivity index (χ2v) is 6.62. The lowest BCUT2D eigenvalue weighted by Gasteiger charge is -2.30. The summed E-state index contributed by atoms with van der Waals surface area (Å²) in [6, 6.07) is 0. The Morgan fingerprint density at radius 1 is 1.15 bits per heavy atom. The average Bonchev–Trinajstić information content (AvgIpc) is 2.89. The molecule has 108 valence electrons. The van der Waals surface area contributed by atoms with Gasteiger partial charge in [0.15, 0.2) is 5.82 Å². The molecule has 1 aromatic rings. The van der Waals surface area contributed by atoms with Gasteiger partial charge in [-0.15, -0.1) is 0 Å². The summed E-state index contributed by atoms with van der Waals surface area (Å²) in [5, 5.41) is 4.12. The molecular weight excluding hydrogens is 254 g/mol. The van der Waals surface area contributed by atoms with E-state index < -0.39 is 0 Å². The fraction of sp³-hybridized carbons (Fsp3) is 0.800. The van der Waals surface area contributed by atoms with E-state index in [0.717, 1.165) is 30.7 Å². The van der Waals surface area contributed by atoms with E-state index in [1.54, 1.807) is 0 Å². The second kappa shape index (κ2) is 4.86. The van der Waals surface area contributed by atoms with Crippen molar-refractivity contribution in [3.05, 3.63) is 11.7 Å². The predicted molar refractivity (Wildman–Crippen MR) is 72.2 cm³/mol. The van der Waals surface area contributed by atoms with Gasteiger partial charge in [-0.05, 0) is 31.6 Å². The predicted octanol–water partition coefficient (Wildman–Crippen LogP) is 2.45. The molecule has 3 aliphatic rings. The van der Waals surface area contributed by atoms with Gasteiger partial charge in [0.05, 0.1) is 0 Å². The maximum Gasteiger partial charge on any atom is 0.229 e. The largest absolute Gasteiger partial charge is 0.342 e. The highest BCUT2D eigenvalue weighted by Gasteiger charge is 2.36. The standard InChI is InChI=1S/C15H21N3O2/c19-13-7-12(9-18(13)8-10-3-1-4-10)14-16-15(20-17-14)11-5-2-6-11/h10-12H,1-9H2/t12-/m1/s1. The monoisotopic (exact) mass is 275 g/mol. The number of hydrogen-bond acceptors (Lipinski definition) is 4. The number of rotatable bonds is 4. The van der Waals surface area contributed by atoms with Crippen LogP contribution in [0.1, 0.15) is 68.5 Å². The van der Waals surface area contributed by atoms with E-state index in [1.165, 1.54) is 38.5 Å². The van der Waals surface area contributed by atoms with E-state index in [0.29, 0.717) is 12.3 Å². The van der Waals surface area contributed by atoms with Crippen LogP contribution in [0, 0.1) is 5.92 Å². The molecule has 20 heavy (non-hydrogen) atoms. The summed E-state index contributed by atoms with van der Waals surface area (Å²) in [6.07, 6.45) is 8.03. The average molecular weight is 275 g/mol. The molecule has 1 aliphatic heterocycles. The van der Waals surface area contributed by atoms with Crippen molar-refractivity contribution in [2.24, 2.45) is 5.92 Å². The Morgan fingerprint density at radius 3 is 2.60 bits per heavy atom. The fourth-order valence-corrected chi connectivity index (χ4v) is 3.34. The third-order valence-corrected chi connectivity index (χ3v) is 5.19. The van der Waals surface area contributed by atoms with Crippen LogP contribution < -0.4 is 0 Å². The van der Waals surface area contributed by atoms with Crippen LogP contribution in [0.4, 0.5) is 0 Å². The normalized spacial score (nSPS) is 27.7. The van der Waals surface area contributed by atoms with Crippen LogP contribution in [0.5, 0.6) is 0 Å². The van der Waals surface area contributed by atoms with Crippen LogP contribution >= 0.6 is 0 Å². The zero-order valence-corrected chi connectivity index (χ0v) is 11.8. The number of hydrogen-bond donors (Lipinski definition) is 0. The Kier molecular flexibility index (Phi) is 3.00. The molecule has 0 radical (unpaired) electrons. The van der Waals surface area contributed by atoms with Crippen LogP contribution in [0.25, 0.3) is 0 Å². The van der Waals surface area contributed by atoms with Crippen molar-refractivity contribution in [1.29, 1.82) is 0 Å². The van der Waals surface area contributed by atoms with Gasteiger partial charge in [-0.2, -0.15) is 4.98 Å². The number of aromatic nitrogens is 2. The number of carbonyl (C=O) groups is 1. The SMILES string of the molecule is O=C1C[C@@H](c2noc(C3CCC3)n2)CN1CC1CCC1. The summed E-state index contributed by atoms with van der Waals surface area (Å²) in [6.45, 7) is 1.71. The van der Waals surface area contributed by atoms with Crippen molar-refractivity contribution in [2.45, 2.75) is 56.8 Å². The molecular formula is C15H21N3O2. The molecule has 2 heterocycles. The highest BCUT2D eigenvalue weighted by molar-refractivity contribution is 5.79. The molecule has 5 heteroatoms. The van der Waals surface area contributed by atoms with Gasteiger partial charge >= 0.3 is 0 Å². The summed E-state index contributed by atoms with van der Waals surface area (Å²) in [5.74, 6) is 3.14. The third-order valence-electron chi connectivity index (χ3n) is 5.19. The highest BCUT2D eigenvalue weighted by atomic mass is 16.5. The first-order valence-electron chi connectivity index (χ1n) is 7.91. The highest BCUT2D eigenvalue weighted by Crippen LogP contribution is 2.37.